The molecule has 3 N–H and O–H groups in total. The van der Waals surface area contributed by atoms with Gasteiger partial charge in [0.05, 0.1) is 12.1 Å². The Balaban J connectivity index is 1.89. The summed E-state index contributed by atoms with van der Waals surface area (Å²) in [6.45, 7) is 0.0905. The van der Waals surface area contributed by atoms with Gasteiger partial charge in [-0.05, 0) is 40.9 Å². The summed E-state index contributed by atoms with van der Waals surface area (Å²) in [7, 11) is 0. The molecule has 0 atom stereocenters. The number of urea groups is 1. The highest BCUT2D eigenvalue weighted by atomic mass is 79.9. The van der Waals surface area contributed by atoms with E-state index in [9.17, 15) is 9.59 Å². The average Bonchev–Trinajstić information content (AvgIpc) is 3.15. The third kappa shape index (κ3) is 4.20. The van der Waals surface area contributed by atoms with E-state index in [1.165, 1.54) is 0 Å². The van der Waals surface area contributed by atoms with Gasteiger partial charge in [-0.25, -0.2) is 9.78 Å². The first-order chi connectivity index (χ1) is 9.06. The number of amides is 2. The molecule has 1 fully saturated rings. The molecule has 1 aromatic rings. The minimum Gasteiger partial charge on any atom is -0.481 e. The quantitative estimate of drug-likeness (QED) is 0.773. The smallest absolute Gasteiger partial charge is 0.320 e. The van der Waals surface area contributed by atoms with Gasteiger partial charge in [-0.1, -0.05) is 0 Å². The molecule has 0 radical (unpaired) electrons. The van der Waals surface area contributed by atoms with Gasteiger partial charge >= 0.3 is 12.0 Å². The molecular weight excluding hydrogens is 314 g/mol. The van der Waals surface area contributed by atoms with Gasteiger partial charge in [0.1, 0.15) is 5.82 Å². The van der Waals surface area contributed by atoms with Crippen molar-refractivity contribution in [3.05, 3.63) is 22.3 Å². The second-order valence-corrected chi connectivity index (χ2v) is 5.22. The molecule has 7 heteroatoms. The predicted molar refractivity (Wildman–Crippen MR) is 73.2 cm³/mol. The van der Waals surface area contributed by atoms with Gasteiger partial charge in [-0.2, -0.15) is 0 Å². The van der Waals surface area contributed by atoms with E-state index in [1.807, 2.05) is 6.07 Å². The molecule has 19 heavy (non-hydrogen) atoms. The van der Waals surface area contributed by atoms with Crippen molar-refractivity contribution in [2.75, 3.05) is 11.9 Å². The molecule has 1 saturated carbocycles. The van der Waals surface area contributed by atoms with Crippen LogP contribution in [0.3, 0.4) is 0 Å². The Morgan fingerprint density at radius 1 is 1.42 bits per heavy atom. The van der Waals surface area contributed by atoms with Gasteiger partial charge in [0.25, 0.3) is 0 Å². The standard InChI is InChI=1S/C12H14BrN3O3/c13-8-3-4-9(15-11(8)7-1-2-7)16-12(19)14-6-5-10(17)18/h3-4,7H,1-2,5-6H2,(H,17,18)(H2,14,15,16,19). The first-order valence-corrected chi connectivity index (χ1v) is 6.78. The van der Waals surface area contributed by atoms with E-state index in [0.29, 0.717) is 11.7 Å². The van der Waals surface area contributed by atoms with Gasteiger partial charge in [0, 0.05) is 16.9 Å². The molecule has 0 unspecified atom stereocenters. The SMILES string of the molecule is O=C(O)CCNC(=O)Nc1ccc(Br)c(C2CC2)n1. The molecule has 0 saturated heterocycles. The zero-order valence-corrected chi connectivity index (χ0v) is 11.7. The number of halogens is 1. The lowest BCUT2D eigenvalue weighted by molar-refractivity contribution is -0.136. The number of nitrogens with zero attached hydrogens (tertiary/aromatic N) is 1. The van der Waals surface area contributed by atoms with Crippen molar-refractivity contribution in [2.24, 2.45) is 0 Å². The first kappa shape index (κ1) is 13.8. The topological polar surface area (TPSA) is 91.3 Å². The van der Waals surface area contributed by atoms with Crippen molar-refractivity contribution in [1.29, 1.82) is 0 Å². The maximum Gasteiger partial charge on any atom is 0.320 e. The summed E-state index contributed by atoms with van der Waals surface area (Å²) < 4.78 is 0.951. The molecule has 0 spiro atoms. The third-order valence-corrected chi connectivity index (χ3v) is 3.37. The maximum absolute atomic E-state index is 11.5. The van der Waals surface area contributed by atoms with Crippen LogP contribution in [-0.2, 0) is 4.79 Å². The Hall–Kier alpha value is -1.63. The molecule has 2 rings (SSSR count). The van der Waals surface area contributed by atoms with Crippen LogP contribution in [0.15, 0.2) is 16.6 Å². The van der Waals surface area contributed by atoms with Crippen LogP contribution in [0.5, 0.6) is 0 Å². The van der Waals surface area contributed by atoms with Crippen LogP contribution in [0.1, 0.15) is 30.9 Å². The highest BCUT2D eigenvalue weighted by Crippen LogP contribution is 2.42. The zero-order valence-electron chi connectivity index (χ0n) is 10.1. The highest BCUT2D eigenvalue weighted by Gasteiger charge is 2.27. The van der Waals surface area contributed by atoms with Crippen LogP contribution in [0.25, 0.3) is 0 Å². The fourth-order valence-electron chi connectivity index (χ4n) is 1.61. The number of pyridine rings is 1. The minimum absolute atomic E-state index is 0.0905. The number of carboxylic acids is 1. The highest BCUT2D eigenvalue weighted by molar-refractivity contribution is 9.10. The molecule has 6 nitrogen and oxygen atoms in total. The molecule has 1 aliphatic rings. The van der Waals surface area contributed by atoms with Crippen molar-refractivity contribution in [3.8, 4) is 0 Å². The monoisotopic (exact) mass is 327 g/mol. The molecule has 0 aromatic carbocycles. The molecule has 1 heterocycles. The van der Waals surface area contributed by atoms with Crippen LogP contribution in [0.4, 0.5) is 10.6 Å². The number of nitrogens with one attached hydrogen (secondary N) is 2. The number of carbonyl (C=O) groups excluding carboxylic acids is 1. The van der Waals surface area contributed by atoms with Gasteiger partial charge < -0.3 is 10.4 Å². The third-order valence-electron chi connectivity index (χ3n) is 2.70. The summed E-state index contributed by atoms with van der Waals surface area (Å²) in [5.41, 5.74) is 0.961. The Morgan fingerprint density at radius 2 is 2.16 bits per heavy atom. The number of carbonyl (C=O) groups is 2. The van der Waals surface area contributed by atoms with Crippen molar-refractivity contribution in [2.45, 2.75) is 25.2 Å². The van der Waals surface area contributed by atoms with Gasteiger partial charge in [0.15, 0.2) is 0 Å². The van der Waals surface area contributed by atoms with E-state index in [1.54, 1.807) is 6.07 Å². The van der Waals surface area contributed by atoms with E-state index in [4.69, 9.17) is 5.11 Å². The Bertz CT molecular complexity index is 503. The number of hydrogen-bond donors (Lipinski definition) is 3. The summed E-state index contributed by atoms with van der Waals surface area (Å²) >= 11 is 3.44. The van der Waals surface area contributed by atoms with Crippen LogP contribution in [0, 0.1) is 0 Å². The Labute approximate surface area is 118 Å². The number of aromatic nitrogens is 1. The molecule has 2 amide bonds. The minimum atomic E-state index is -0.946. The average molecular weight is 328 g/mol. The summed E-state index contributed by atoms with van der Waals surface area (Å²) in [4.78, 5) is 26.2. The lowest BCUT2D eigenvalue weighted by atomic mass is 10.2. The second-order valence-electron chi connectivity index (χ2n) is 4.36. The van der Waals surface area contributed by atoms with Crippen molar-refractivity contribution in [1.82, 2.24) is 10.3 Å². The molecule has 1 aromatic heterocycles. The van der Waals surface area contributed by atoms with E-state index >= 15 is 0 Å². The summed E-state index contributed by atoms with van der Waals surface area (Å²) in [5, 5.41) is 13.5. The van der Waals surface area contributed by atoms with Crippen LogP contribution in [-0.4, -0.2) is 28.6 Å². The summed E-state index contributed by atoms with van der Waals surface area (Å²) in [6.07, 6.45) is 2.15. The molecule has 102 valence electrons. The normalized spacial score (nSPS) is 13.9. The number of rotatable bonds is 5. The summed E-state index contributed by atoms with van der Waals surface area (Å²) in [5.74, 6) is 0.00204. The molecule has 0 bridgehead atoms. The van der Waals surface area contributed by atoms with Crippen LogP contribution in [0.2, 0.25) is 0 Å². The largest absolute Gasteiger partial charge is 0.481 e. The maximum atomic E-state index is 11.5. The number of anilines is 1. The fourth-order valence-corrected chi connectivity index (χ4v) is 2.16. The molecule has 1 aliphatic carbocycles. The van der Waals surface area contributed by atoms with E-state index in [2.05, 4.69) is 31.5 Å². The van der Waals surface area contributed by atoms with Crippen molar-refractivity contribution >= 4 is 33.7 Å². The molecule has 0 aliphatic heterocycles. The van der Waals surface area contributed by atoms with Gasteiger partial charge in [-0.15, -0.1) is 0 Å². The number of aliphatic carboxylic acids is 1. The van der Waals surface area contributed by atoms with E-state index in [0.717, 1.165) is 23.0 Å². The van der Waals surface area contributed by atoms with Gasteiger partial charge in [0.2, 0.25) is 0 Å². The molecular formula is C12H14BrN3O3. The number of hydrogen-bond acceptors (Lipinski definition) is 3. The second kappa shape index (κ2) is 6.01. The predicted octanol–water partition coefficient (Wildman–Crippen LogP) is 2.32. The van der Waals surface area contributed by atoms with Crippen molar-refractivity contribution in [3.63, 3.8) is 0 Å². The lowest BCUT2D eigenvalue weighted by Crippen LogP contribution is -2.30. The zero-order chi connectivity index (χ0) is 13.8. The van der Waals surface area contributed by atoms with E-state index in [-0.39, 0.29) is 13.0 Å². The van der Waals surface area contributed by atoms with E-state index < -0.39 is 12.0 Å². The Kier molecular flexibility index (Phi) is 4.36. The van der Waals surface area contributed by atoms with Crippen LogP contribution < -0.4 is 10.6 Å². The van der Waals surface area contributed by atoms with Crippen LogP contribution >= 0.6 is 15.9 Å². The van der Waals surface area contributed by atoms with Gasteiger partial charge in [-0.3, -0.25) is 10.1 Å². The lowest BCUT2D eigenvalue weighted by Gasteiger charge is -2.08. The fraction of sp³-hybridized carbons (Fsp3) is 0.417. The first-order valence-electron chi connectivity index (χ1n) is 5.99. The summed E-state index contributed by atoms with van der Waals surface area (Å²) in [6, 6.07) is 3.11. The Morgan fingerprint density at radius 3 is 2.79 bits per heavy atom. The van der Waals surface area contributed by atoms with Crippen molar-refractivity contribution < 1.29 is 14.7 Å². The number of carboxylic acid groups (broad SMARTS) is 1.